The molecule has 18 heavy (non-hydrogen) atoms. The van der Waals surface area contributed by atoms with Crippen molar-refractivity contribution in [1.29, 1.82) is 0 Å². The molecule has 0 spiro atoms. The SMILES string of the molecule is C=C1C(=O)O[C@@H]2C[C@H](C)[C@@H]3CC[C@H](O)[C@@]3(C)C[C@H]12. The Kier molecular flexibility index (Phi) is 2.60. The molecule has 0 aromatic rings. The number of hydrogen-bond donors (Lipinski definition) is 1. The zero-order valence-corrected chi connectivity index (χ0v) is 11.2. The molecule has 1 heterocycles. The Labute approximate surface area is 108 Å². The first-order valence-electron chi connectivity index (χ1n) is 7.01. The Balaban J connectivity index is 1.96. The van der Waals surface area contributed by atoms with E-state index in [9.17, 15) is 9.90 Å². The van der Waals surface area contributed by atoms with Crippen LogP contribution in [-0.2, 0) is 9.53 Å². The van der Waals surface area contributed by atoms with E-state index in [-0.39, 0.29) is 29.5 Å². The van der Waals surface area contributed by atoms with Crippen LogP contribution in [0.5, 0.6) is 0 Å². The van der Waals surface area contributed by atoms with Gasteiger partial charge in [-0.3, -0.25) is 0 Å². The molecule has 1 N–H and O–H groups in total. The van der Waals surface area contributed by atoms with Crippen LogP contribution < -0.4 is 0 Å². The third-order valence-electron chi connectivity index (χ3n) is 5.73. The van der Waals surface area contributed by atoms with Crippen molar-refractivity contribution in [2.75, 3.05) is 0 Å². The van der Waals surface area contributed by atoms with Crippen molar-refractivity contribution in [2.45, 2.75) is 51.7 Å². The van der Waals surface area contributed by atoms with Gasteiger partial charge in [0.25, 0.3) is 0 Å². The van der Waals surface area contributed by atoms with Gasteiger partial charge in [0.05, 0.1) is 6.10 Å². The van der Waals surface area contributed by atoms with E-state index in [1.807, 2.05) is 0 Å². The van der Waals surface area contributed by atoms with E-state index in [1.54, 1.807) is 0 Å². The van der Waals surface area contributed by atoms with Crippen LogP contribution in [0.3, 0.4) is 0 Å². The van der Waals surface area contributed by atoms with Gasteiger partial charge >= 0.3 is 5.97 Å². The summed E-state index contributed by atoms with van der Waals surface area (Å²) in [6.07, 6.45) is 3.51. The molecule has 0 aromatic heterocycles. The molecule has 3 nitrogen and oxygen atoms in total. The Bertz CT molecular complexity index is 403. The van der Waals surface area contributed by atoms with Gasteiger partial charge in [-0.1, -0.05) is 20.4 Å². The second-order valence-corrected chi connectivity index (χ2v) is 6.70. The summed E-state index contributed by atoms with van der Waals surface area (Å²) in [5.41, 5.74) is 0.545. The molecule has 2 aliphatic carbocycles. The average Bonchev–Trinajstić information content (AvgIpc) is 2.69. The Morgan fingerprint density at radius 1 is 1.44 bits per heavy atom. The highest BCUT2D eigenvalue weighted by Gasteiger charge is 2.55. The number of carbonyl (C=O) groups is 1. The molecule has 3 fully saturated rings. The Hall–Kier alpha value is -0.830. The minimum Gasteiger partial charge on any atom is -0.458 e. The molecular weight excluding hydrogens is 228 g/mol. The molecular formula is C15H22O3. The fourth-order valence-corrected chi connectivity index (χ4v) is 4.61. The van der Waals surface area contributed by atoms with Crippen LogP contribution in [0.25, 0.3) is 0 Å². The number of hydrogen-bond acceptors (Lipinski definition) is 3. The van der Waals surface area contributed by atoms with Crippen LogP contribution in [-0.4, -0.2) is 23.3 Å². The molecule has 100 valence electrons. The lowest BCUT2D eigenvalue weighted by molar-refractivity contribution is -0.139. The fraction of sp³-hybridized carbons (Fsp3) is 0.800. The van der Waals surface area contributed by atoms with Gasteiger partial charge in [0.15, 0.2) is 0 Å². The maximum absolute atomic E-state index is 11.7. The molecule has 6 atom stereocenters. The topological polar surface area (TPSA) is 46.5 Å². The third kappa shape index (κ3) is 1.49. The lowest BCUT2D eigenvalue weighted by Crippen LogP contribution is -2.35. The summed E-state index contributed by atoms with van der Waals surface area (Å²) in [6, 6.07) is 0. The first kappa shape index (κ1) is 12.2. The minimum atomic E-state index is -0.243. The second-order valence-electron chi connectivity index (χ2n) is 6.70. The van der Waals surface area contributed by atoms with Gasteiger partial charge in [-0.2, -0.15) is 0 Å². The van der Waals surface area contributed by atoms with Crippen molar-refractivity contribution in [3.63, 3.8) is 0 Å². The van der Waals surface area contributed by atoms with E-state index in [0.717, 1.165) is 25.7 Å². The van der Waals surface area contributed by atoms with Crippen LogP contribution in [0.1, 0.15) is 39.5 Å². The molecule has 1 saturated heterocycles. The molecule has 0 amide bonds. The van der Waals surface area contributed by atoms with Gasteiger partial charge in [0, 0.05) is 11.5 Å². The number of rotatable bonds is 0. The van der Waals surface area contributed by atoms with E-state index in [0.29, 0.717) is 17.4 Å². The van der Waals surface area contributed by atoms with Gasteiger partial charge < -0.3 is 9.84 Å². The summed E-state index contributed by atoms with van der Waals surface area (Å²) in [7, 11) is 0. The maximum atomic E-state index is 11.7. The third-order valence-corrected chi connectivity index (χ3v) is 5.73. The summed E-state index contributed by atoms with van der Waals surface area (Å²) < 4.78 is 5.45. The number of aliphatic hydroxyl groups excluding tert-OH is 1. The first-order chi connectivity index (χ1) is 8.43. The number of fused-ring (bicyclic) bond motifs is 2. The van der Waals surface area contributed by atoms with Gasteiger partial charge in [-0.15, -0.1) is 0 Å². The lowest BCUT2D eigenvalue weighted by atomic mass is 9.69. The van der Waals surface area contributed by atoms with E-state index < -0.39 is 0 Å². The maximum Gasteiger partial charge on any atom is 0.334 e. The molecule has 3 heteroatoms. The normalized spacial score (nSPS) is 51.6. The number of carbonyl (C=O) groups excluding carboxylic acids is 1. The van der Waals surface area contributed by atoms with Crippen molar-refractivity contribution < 1.29 is 14.6 Å². The van der Waals surface area contributed by atoms with Crippen LogP contribution in [0.15, 0.2) is 12.2 Å². The van der Waals surface area contributed by atoms with E-state index in [2.05, 4.69) is 20.4 Å². The molecule has 0 unspecified atom stereocenters. The minimum absolute atomic E-state index is 0.00498. The standard InChI is InChI=1S/C15H22O3/c1-8-6-12-10(9(2)14(17)18-12)7-15(3)11(8)4-5-13(15)16/h8,10-13,16H,2,4-7H2,1,3H3/t8-,10+,11-,12+,13-,15-/m0/s1. The number of esters is 1. The number of aliphatic hydroxyl groups is 1. The monoisotopic (exact) mass is 250 g/mol. The molecule has 2 saturated carbocycles. The summed E-state index contributed by atoms with van der Waals surface area (Å²) in [5.74, 6) is 0.930. The van der Waals surface area contributed by atoms with Crippen LogP contribution in [0.4, 0.5) is 0 Å². The van der Waals surface area contributed by atoms with E-state index in [4.69, 9.17) is 4.74 Å². The van der Waals surface area contributed by atoms with Gasteiger partial charge in [-0.05, 0) is 42.9 Å². The zero-order chi connectivity index (χ0) is 13.1. The second kappa shape index (κ2) is 3.83. The Morgan fingerprint density at radius 2 is 2.17 bits per heavy atom. The molecule has 3 rings (SSSR count). The van der Waals surface area contributed by atoms with Gasteiger partial charge in [0.2, 0.25) is 0 Å². The van der Waals surface area contributed by atoms with Crippen molar-refractivity contribution in [1.82, 2.24) is 0 Å². The quantitative estimate of drug-likeness (QED) is 0.530. The largest absolute Gasteiger partial charge is 0.458 e. The summed E-state index contributed by atoms with van der Waals surface area (Å²) in [5, 5.41) is 10.3. The predicted molar refractivity (Wildman–Crippen MR) is 67.7 cm³/mol. The molecule has 0 bridgehead atoms. The first-order valence-corrected chi connectivity index (χ1v) is 7.01. The van der Waals surface area contributed by atoms with Crippen molar-refractivity contribution in [3.8, 4) is 0 Å². The predicted octanol–water partition coefficient (Wildman–Crippen LogP) is 2.29. The van der Waals surface area contributed by atoms with Gasteiger partial charge in [-0.25, -0.2) is 4.79 Å². The highest BCUT2D eigenvalue weighted by atomic mass is 16.6. The highest BCUT2D eigenvalue weighted by Crippen LogP contribution is 2.56. The van der Waals surface area contributed by atoms with E-state index in [1.165, 1.54) is 0 Å². The average molecular weight is 250 g/mol. The zero-order valence-electron chi connectivity index (χ0n) is 11.2. The highest BCUT2D eigenvalue weighted by molar-refractivity contribution is 5.90. The van der Waals surface area contributed by atoms with Crippen LogP contribution in [0, 0.1) is 23.2 Å². The smallest absolute Gasteiger partial charge is 0.334 e. The molecule has 0 radical (unpaired) electrons. The number of ether oxygens (including phenoxy) is 1. The molecule has 1 aliphatic heterocycles. The van der Waals surface area contributed by atoms with Crippen molar-refractivity contribution in [3.05, 3.63) is 12.2 Å². The Morgan fingerprint density at radius 3 is 2.89 bits per heavy atom. The van der Waals surface area contributed by atoms with Crippen LogP contribution in [0.2, 0.25) is 0 Å². The van der Waals surface area contributed by atoms with Crippen LogP contribution >= 0.6 is 0 Å². The van der Waals surface area contributed by atoms with Crippen molar-refractivity contribution >= 4 is 5.97 Å². The van der Waals surface area contributed by atoms with E-state index >= 15 is 0 Å². The molecule has 3 aliphatic rings. The fourth-order valence-electron chi connectivity index (χ4n) is 4.61. The molecule has 0 aromatic carbocycles. The van der Waals surface area contributed by atoms with Gasteiger partial charge in [0.1, 0.15) is 6.10 Å². The van der Waals surface area contributed by atoms with Crippen molar-refractivity contribution in [2.24, 2.45) is 23.2 Å². The summed E-state index contributed by atoms with van der Waals surface area (Å²) in [6.45, 7) is 8.32. The lowest BCUT2D eigenvalue weighted by Gasteiger charge is -2.36. The summed E-state index contributed by atoms with van der Waals surface area (Å²) >= 11 is 0. The summed E-state index contributed by atoms with van der Waals surface area (Å²) in [4.78, 5) is 11.7.